The lowest BCUT2D eigenvalue weighted by atomic mass is 10.1. The normalized spacial score (nSPS) is 10.5. The topological polar surface area (TPSA) is 89.4 Å². The molecule has 0 aliphatic rings. The number of aliphatic hydroxyl groups excluding tert-OH is 1. The van der Waals surface area contributed by atoms with Crippen LogP contribution in [0.3, 0.4) is 0 Å². The van der Waals surface area contributed by atoms with Crippen LogP contribution in [0.1, 0.15) is 11.3 Å². The number of aromatic nitrogens is 1. The number of aliphatic hydroxyl groups is 1. The maximum Gasteiger partial charge on any atom is 0.270 e. The summed E-state index contributed by atoms with van der Waals surface area (Å²) in [5.74, 6) is 0.508. The molecule has 0 aliphatic carbocycles. The van der Waals surface area contributed by atoms with Crippen LogP contribution in [0.15, 0.2) is 28.8 Å². The fraction of sp³-hybridized carbons (Fsp3) is 0.182. The molecule has 6 nitrogen and oxygen atoms in total. The molecule has 0 fully saturated rings. The van der Waals surface area contributed by atoms with Crippen LogP contribution < -0.4 is 0 Å². The van der Waals surface area contributed by atoms with Crippen molar-refractivity contribution in [1.82, 2.24) is 5.16 Å². The van der Waals surface area contributed by atoms with Crippen LogP contribution in [0.25, 0.3) is 11.3 Å². The fourth-order valence-corrected chi connectivity index (χ4v) is 1.57. The van der Waals surface area contributed by atoms with E-state index in [9.17, 15) is 15.2 Å². The highest BCUT2D eigenvalue weighted by Gasteiger charge is 2.15. The number of non-ortho nitro benzene ring substituents is 1. The van der Waals surface area contributed by atoms with Crippen molar-refractivity contribution in [2.24, 2.45) is 0 Å². The van der Waals surface area contributed by atoms with Gasteiger partial charge in [0.1, 0.15) is 11.5 Å². The van der Waals surface area contributed by atoms with Crippen molar-refractivity contribution < 1.29 is 14.6 Å². The van der Waals surface area contributed by atoms with Gasteiger partial charge >= 0.3 is 0 Å². The van der Waals surface area contributed by atoms with Crippen LogP contribution in [0.2, 0.25) is 0 Å². The summed E-state index contributed by atoms with van der Waals surface area (Å²) < 4.78 is 4.96. The highest BCUT2D eigenvalue weighted by atomic mass is 16.6. The molecule has 0 bridgehead atoms. The van der Waals surface area contributed by atoms with Gasteiger partial charge in [-0.05, 0) is 6.92 Å². The van der Waals surface area contributed by atoms with Gasteiger partial charge in [-0.25, -0.2) is 0 Å². The third-order valence-corrected chi connectivity index (χ3v) is 2.47. The first-order valence-electron chi connectivity index (χ1n) is 4.94. The summed E-state index contributed by atoms with van der Waals surface area (Å²) in [5.41, 5.74) is 1.52. The number of rotatable bonds is 3. The molecule has 0 atom stereocenters. The Bertz CT molecular complexity index is 562. The second-order valence-corrected chi connectivity index (χ2v) is 3.53. The summed E-state index contributed by atoms with van der Waals surface area (Å²) in [6.07, 6.45) is 0. The molecule has 6 heteroatoms. The van der Waals surface area contributed by atoms with Crippen molar-refractivity contribution in [1.29, 1.82) is 0 Å². The summed E-state index contributed by atoms with van der Waals surface area (Å²) in [6, 6.07) is 6.05. The lowest BCUT2D eigenvalue weighted by Crippen LogP contribution is -1.91. The molecule has 1 heterocycles. The second kappa shape index (κ2) is 4.34. The van der Waals surface area contributed by atoms with Gasteiger partial charge in [0.15, 0.2) is 0 Å². The minimum absolute atomic E-state index is 0.0213. The molecule has 0 spiro atoms. The monoisotopic (exact) mass is 234 g/mol. The number of benzene rings is 1. The van der Waals surface area contributed by atoms with Crippen molar-refractivity contribution in [3.63, 3.8) is 0 Å². The van der Waals surface area contributed by atoms with E-state index in [-0.39, 0.29) is 12.3 Å². The van der Waals surface area contributed by atoms with Gasteiger partial charge in [0, 0.05) is 23.3 Å². The van der Waals surface area contributed by atoms with Crippen LogP contribution in [0.5, 0.6) is 0 Å². The van der Waals surface area contributed by atoms with Gasteiger partial charge in [0.2, 0.25) is 0 Å². The van der Waals surface area contributed by atoms with E-state index in [1.165, 1.54) is 12.1 Å². The summed E-state index contributed by atoms with van der Waals surface area (Å²) in [7, 11) is 0. The van der Waals surface area contributed by atoms with Gasteiger partial charge in [-0.15, -0.1) is 0 Å². The summed E-state index contributed by atoms with van der Waals surface area (Å²) in [6.45, 7) is 1.47. The van der Waals surface area contributed by atoms with Crippen LogP contribution in [0, 0.1) is 17.0 Å². The Labute approximate surface area is 96.6 Å². The van der Waals surface area contributed by atoms with Gasteiger partial charge in [-0.2, -0.15) is 0 Å². The van der Waals surface area contributed by atoms with E-state index >= 15 is 0 Å². The zero-order valence-electron chi connectivity index (χ0n) is 9.08. The van der Waals surface area contributed by atoms with Gasteiger partial charge in [0.05, 0.1) is 11.5 Å². The van der Waals surface area contributed by atoms with E-state index in [0.717, 1.165) is 0 Å². The van der Waals surface area contributed by atoms with Crippen molar-refractivity contribution >= 4 is 5.69 Å². The third-order valence-electron chi connectivity index (χ3n) is 2.47. The zero-order valence-corrected chi connectivity index (χ0v) is 9.08. The number of hydrogen-bond acceptors (Lipinski definition) is 5. The number of nitro groups is 1. The summed E-state index contributed by atoms with van der Waals surface area (Å²) in [4.78, 5) is 10.2. The van der Waals surface area contributed by atoms with Crippen molar-refractivity contribution in [3.8, 4) is 11.3 Å². The molecule has 17 heavy (non-hydrogen) atoms. The standard InChI is InChI=1S/C11H10N2O4/c1-7-10(6-14)11(12-17-7)8-3-2-4-9(5-8)13(15)16/h2-5,14H,6H2,1H3. The first-order chi connectivity index (χ1) is 8.13. The molecule has 0 unspecified atom stereocenters. The van der Waals surface area contributed by atoms with E-state index in [1.54, 1.807) is 19.1 Å². The molecule has 1 aromatic carbocycles. The van der Waals surface area contributed by atoms with Crippen molar-refractivity contribution in [2.45, 2.75) is 13.5 Å². The number of nitrogens with zero attached hydrogens (tertiary/aromatic N) is 2. The lowest BCUT2D eigenvalue weighted by molar-refractivity contribution is -0.384. The molecule has 1 aromatic heterocycles. The van der Waals surface area contributed by atoms with Crippen LogP contribution in [-0.2, 0) is 6.61 Å². The average Bonchev–Trinajstić information content (AvgIpc) is 2.70. The highest BCUT2D eigenvalue weighted by Crippen LogP contribution is 2.27. The van der Waals surface area contributed by atoms with Crippen LogP contribution in [0.4, 0.5) is 5.69 Å². The summed E-state index contributed by atoms with van der Waals surface area (Å²) >= 11 is 0. The number of aryl methyl sites for hydroxylation is 1. The Morgan fingerprint density at radius 3 is 2.94 bits per heavy atom. The van der Waals surface area contributed by atoms with Gasteiger partial charge in [-0.3, -0.25) is 10.1 Å². The maximum absolute atomic E-state index is 10.7. The minimum Gasteiger partial charge on any atom is -0.391 e. The quantitative estimate of drug-likeness (QED) is 0.648. The largest absolute Gasteiger partial charge is 0.391 e. The molecule has 0 saturated heterocycles. The molecule has 88 valence electrons. The first-order valence-corrected chi connectivity index (χ1v) is 4.94. The molecule has 0 radical (unpaired) electrons. The van der Waals surface area contributed by atoms with E-state index in [2.05, 4.69) is 5.16 Å². The van der Waals surface area contributed by atoms with Crippen LogP contribution >= 0.6 is 0 Å². The van der Waals surface area contributed by atoms with E-state index in [4.69, 9.17) is 4.52 Å². The molecule has 0 amide bonds. The lowest BCUT2D eigenvalue weighted by Gasteiger charge is -1.99. The predicted molar refractivity (Wildman–Crippen MR) is 59.3 cm³/mol. The highest BCUT2D eigenvalue weighted by molar-refractivity contribution is 5.65. The average molecular weight is 234 g/mol. The SMILES string of the molecule is Cc1onc(-c2cccc([N+](=O)[O-])c2)c1CO. The van der Waals surface area contributed by atoms with E-state index in [0.29, 0.717) is 22.6 Å². The Hall–Kier alpha value is -2.21. The molecule has 0 saturated carbocycles. The van der Waals surface area contributed by atoms with E-state index < -0.39 is 4.92 Å². The Balaban J connectivity index is 2.52. The molecule has 2 aromatic rings. The Kier molecular flexibility index (Phi) is 2.88. The van der Waals surface area contributed by atoms with Gasteiger partial charge in [0.25, 0.3) is 5.69 Å². The van der Waals surface area contributed by atoms with Gasteiger partial charge in [-0.1, -0.05) is 17.3 Å². The Morgan fingerprint density at radius 1 is 1.53 bits per heavy atom. The smallest absolute Gasteiger partial charge is 0.270 e. The molecule has 1 N–H and O–H groups in total. The molecule has 2 rings (SSSR count). The fourth-order valence-electron chi connectivity index (χ4n) is 1.57. The van der Waals surface area contributed by atoms with E-state index in [1.807, 2.05) is 0 Å². The van der Waals surface area contributed by atoms with Gasteiger partial charge < -0.3 is 9.63 Å². The van der Waals surface area contributed by atoms with Crippen LogP contribution in [-0.4, -0.2) is 15.2 Å². The molecule has 0 aliphatic heterocycles. The minimum atomic E-state index is -0.477. The summed E-state index contributed by atoms with van der Waals surface area (Å²) in [5, 5.41) is 23.7. The second-order valence-electron chi connectivity index (χ2n) is 3.53. The van der Waals surface area contributed by atoms with Crippen molar-refractivity contribution in [3.05, 3.63) is 45.7 Å². The van der Waals surface area contributed by atoms with Crippen molar-refractivity contribution in [2.75, 3.05) is 0 Å². The first kappa shape index (κ1) is 11.3. The molecular weight excluding hydrogens is 224 g/mol. The zero-order chi connectivity index (χ0) is 12.4. The number of nitro benzene ring substituents is 1. The predicted octanol–water partition coefficient (Wildman–Crippen LogP) is 2.05. The third kappa shape index (κ3) is 2.02. The maximum atomic E-state index is 10.7. The number of hydrogen-bond donors (Lipinski definition) is 1. The Morgan fingerprint density at radius 2 is 2.29 bits per heavy atom. The molecular formula is C11H10N2O4.